The van der Waals surface area contributed by atoms with Gasteiger partial charge in [0.15, 0.2) is 0 Å². The third kappa shape index (κ3) is 2.67. The van der Waals surface area contributed by atoms with E-state index in [1.807, 2.05) is 0 Å². The minimum atomic E-state index is -0.586. The lowest BCUT2D eigenvalue weighted by molar-refractivity contribution is -0.122. The molecule has 1 atom stereocenters. The summed E-state index contributed by atoms with van der Waals surface area (Å²) < 4.78 is 13.0. The maximum Gasteiger partial charge on any atom is 0.245 e. The summed E-state index contributed by atoms with van der Waals surface area (Å²) in [6.07, 6.45) is 3.52. The topological polar surface area (TPSA) is 54.0 Å². The number of hydrogen-bond acceptors (Lipinski definition) is 3. The molecule has 0 saturated carbocycles. The number of nitrogens with zero attached hydrogens (tertiary/aromatic N) is 1. The van der Waals surface area contributed by atoms with E-state index in [1.165, 1.54) is 12.1 Å². The Kier molecular flexibility index (Phi) is 3.91. The Morgan fingerprint density at radius 1 is 1.61 bits per heavy atom. The van der Waals surface area contributed by atoms with Crippen molar-refractivity contribution in [1.82, 2.24) is 10.3 Å². The largest absolute Gasteiger partial charge is 0.309 e. The molecule has 98 valence electrons. The standard InChI is InChI=1S/C13H18FN3O/c1-2-7-13(8-4-9-15-13)12(18)17-11-6-3-5-10(14)16-11/h3,5-6,15H,2,4,7-9H2,1H3,(H,16,17,18). The van der Waals surface area contributed by atoms with Crippen LogP contribution in [0.2, 0.25) is 0 Å². The van der Waals surface area contributed by atoms with Crippen LogP contribution in [0.25, 0.3) is 0 Å². The first-order valence-corrected chi connectivity index (χ1v) is 6.35. The van der Waals surface area contributed by atoms with Gasteiger partial charge in [0.1, 0.15) is 5.82 Å². The van der Waals surface area contributed by atoms with Crippen LogP contribution in [-0.2, 0) is 4.79 Å². The molecule has 1 saturated heterocycles. The Labute approximate surface area is 106 Å². The second-order valence-corrected chi connectivity index (χ2v) is 4.66. The summed E-state index contributed by atoms with van der Waals surface area (Å²) in [6, 6.07) is 4.38. The molecule has 18 heavy (non-hydrogen) atoms. The SMILES string of the molecule is CCCC1(C(=O)Nc2cccc(F)n2)CCCN1. The number of aromatic nitrogens is 1. The lowest BCUT2D eigenvalue weighted by atomic mass is 9.91. The van der Waals surface area contributed by atoms with Crippen LogP contribution in [0.15, 0.2) is 18.2 Å². The van der Waals surface area contributed by atoms with Gasteiger partial charge in [-0.05, 0) is 37.9 Å². The Morgan fingerprint density at radius 2 is 2.44 bits per heavy atom. The number of hydrogen-bond donors (Lipinski definition) is 2. The van der Waals surface area contributed by atoms with Gasteiger partial charge in [-0.25, -0.2) is 4.98 Å². The highest BCUT2D eigenvalue weighted by atomic mass is 19.1. The van der Waals surface area contributed by atoms with Crippen LogP contribution in [0.5, 0.6) is 0 Å². The molecule has 2 N–H and O–H groups in total. The molecule has 2 heterocycles. The van der Waals surface area contributed by atoms with Crippen molar-refractivity contribution in [1.29, 1.82) is 0 Å². The third-order valence-electron chi connectivity index (χ3n) is 3.31. The molecule has 5 heteroatoms. The number of anilines is 1. The summed E-state index contributed by atoms with van der Waals surface area (Å²) in [4.78, 5) is 16.0. The molecule has 1 aromatic rings. The molecule has 1 aliphatic heterocycles. The molecule has 1 unspecified atom stereocenters. The average Bonchev–Trinajstić information content (AvgIpc) is 2.79. The quantitative estimate of drug-likeness (QED) is 0.806. The fourth-order valence-electron chi connectivity index (χ4n) is 2.47. The first-order chi connectivity index (χ1) is 8.66. The molecule has 1 aliphatic rings. The lowest BCUT2D eigenvalue weighted by Gasteiger charge is -2.27. The van der Waals surface area contributed by atoms with Gasteiger partial charge in [0, 0.05) is 0 Å². The van der Waals surface area contributed by atoms with Crippen LogP contribution in [0, 0.1) is 5.95 Å². The summed E-state index contributed by atoms with van der Waals surface area (Å²) in [5.74, 6) is -0.430. The molecule has 1 amide bonds. The number of rotatable bonds is 4. The van der Waals surface area contributed by atoms with Gasteiger partial charge in [-0.3, -0.25) is 4.79 Å². The number of carbonyl (C=O) groups is 1. The first kappa shape index (κ1) is 13.0. The molecule has 2 rings (SSSR count). The zero-order valence-electron chi connectivity index (χ0n) is 10.5. The van der Waals surface area contributed by atoms with E-state index in [0.29, 0.717) is 0 Å². The molecule has 0 spiro atoms. The number of pyridine rings is 1. The predicted octanol–water partition coefficient (Wildman–Crippen LogP) is 2.08. The van der Waals surface area contributed by atoms with Crippen LogP contribution < -0.4 is 10.6 Å². The van der Waals surface area contributed by atoms with Gasteiger partial charge in [-0.15, -0.1) is 0 Å². The number of halogens is 1. The van der Waals surface area contributed by atoms with Gasteiger partial charge in [-0.2, -0.15) is 4.39 Å². The van der Waals surface area contributed by atoms with Crippen molar-refractivity contribution in [2.45, 2.75) is 38.1 Å². The molecule has 0 aliphatic carbocycles. The second-order valence-electron chi connectivity index (χ2n) is 4.66. The fourth-order valence-corrected chi connectivity index (χ4v) is 2.47. The summed E-state index contributed by atoms with van der Waals surface area (Å²) in [7, 11) is 0. The van der Waals surface area contributed by atoms with Crippen LogP contribution >= 0.6 is 0 Å². The van der Waals surface area contributed by atoms with E-state index in [1.54, 1.807) is 6.07 Å². The fraction of sp³-hybridized carbons (Fsp3) is 0.538. The summed E-state index contributed by atoms with van der Waals surface area (Å²) in [6.45, 7) is 2.90. The van der Waals surface area contributed by atoms with E-state index in [-0.39, 0.29) is 11.7 Å². The van der Waals surface area contributed by atoms with Crippen molar-refractivity contribution in [3.05, 3.63) is 24.1 Å². The maximum atomic E-state index is 13.0. The molecular formula is C13H18FN3O. The van der Waals surface area contributed by atoms with Crippen molar-refractivity contribution in [2.75, 3.05) is 11.9 Å². The monoisotopic (exact) mass is 251 g/mol. The molecule has 1 fully saturated rings. The summed E-state index contributed by atoms with van der Waals surface area (Å²) in [5, 5.41) is 5.97. The van der Waals surface area contributed by atoms with Gasteiger partial charge in [0.05, 0.1) is 5.54 Å². The van der Waals surface area contributed by atoms with E-state index in [0.717, 1.165) is 32.2 Å². The van der Waals surface area contributed by atoms with E-state index < -0.39 is 11.5 Å². The highest BCUT2D eigenvalue weighted by molar-refractivity contribution is 5.97. The zero-order chi connectivity index (χ0) is 13.0. The maximum absolute atomic E-state index is 13.0. The van der Waals surface area contributed by atoms with Crippen LogP contribution in [-0.4, -0.2) is 23.0 Å². The average molecular weight is 251 g/mol. The Morgan fingerprint density at radius 3 is 3.06 bits per heavy atom. The Hall–Kier alpha value is -1.49. The van der Waals surface area contributed by atoms with Crippen LogP contribution in [0.3, 0.4) is 0 Å². The van der Waals surface area contributed by atoms with Crippen molar-refractivity contribution >= 4 is 11.7 Å². The third-order valence-corrected chi connectivity index (χ3v) is 3.31. The molecule has 0 radical (unpaired) electrons. The summed E-state index contributed by atoms with van der Waals surface area (Å²) in [5.41, 5.74) is -0.511. The highest BCUT2D eigenvalue weighted by Gasteiger charge is 2.39. The zero-order valence-corrected chi connectivity index (χ0v) is 10.5. The first-order valence-electron chi connectivity index (χ1n) is 6.35. The molecule has 0 bridgehead atoms. The van der Waals surface area contributed by atoms with Gasteiger partial charge in [-0.1, -0.05) is 19.4 Å². The van der Waals surface area contributed by atoms with E-state index in [4.69, 9.17) is 0 Å². The van der Waals surface area contributed by atoms with Gasteiger partial charge < -0.3 is 10.6 Å². The molecule has 0 aromatic carbocycles. The van der Waals surface area contributed by atoms with Gasteiger partial charge >= 0.3 is 0 Å². The van der Waals surface area contributed by atoms with Gasteiger partial charge in [0.2, 0.25) is 11.9 Å². The van der Waals surface area contributed by atoms with Gasteiger partial charge in [0.25, 0.3) is 0 Å². The predicted molar refractivity (Wildman–Crippen MR) is 67.7 cm³/mol. The molecule has 4 nitrogen and oxygen atoms in total. The van der Waals surface area contributed by atoms with Crippen LogP contribution in [0.1, 0.15) is 32.6 Å². The van der Waals surface area contributed by atoms with Crippen molar-refractivity contribution in [3.8, 4) is 0 Å². The van der Waals surface area contributed by atoms with E-state index in [2.05, 4.69) is 22.5 Å². The number of carbonyl (C=O) groups excluding carboxylic acids is 1. The van der Waals surface area contributed by atoms with Crippen molar-refractivity contribution < 1.29 is 9.18 Å². The molecular weight excluding hydrogens is 233 g/mol. The lowest BCUT2D eigenvalue weighted by Crippen LogP contribution is -2.50. The smallest absolute Gasteiger partial charge is 0.245 e. The van der Waals surface area contributed by atoms with E-state index in [9.17, 15) is 9.18 Å². The molecule has 1 aromatic heterocycles. The Bertz CT molecular complexity index is 430. The normalized spacial score (nSPS) is 23.0. The number of nitrogens with one attached hydrogen (secondary N) is 2. The van der Waals surface area contributed by atoms with Crippen molar-refractivity contribution in [2.24, 2.45) is 0 Å². The minimum Gasteiger partial charge on any atom is -0.309 e. The summed E-state index contributed by atoms with van der Waals surface area (Å²) >= 11 is 0. The van der Waals surface area contributed by atoms with Crippen molar-refractivity contribution in [3.63, 3.8) is 0 Å². The minimum absolute atomic E-state index is 0.111. The van der Waals surface area contributed by atoms with Crippen LogP contribution in [0.4, 0.5) is 10.2 Å². The highest BCUT2D eigenvalue weighted by Crippen LogP contribution is 2.26. The Balaban J connectivity index is 2.10. The van der Waals surface area contributed by atoms with E-state index >= 15 is 0 Å². The second kappa shape index (κ2) is 5.44. The number of amides is 1.